The third kappa shape index (κ3) is 6.43. The summed E-state index contributed by atoms with van der Waals surface area (Å²) in [6, 6.07) is 13.7. The van der Waals surface area contributed by atoms with Crippen LogP contribution >= 0.6 is 0 Å². The first-order valence-electron chi connectivity index (χ1n) is 9.43. The van der Waals surface area contributed by atoms with Gasteiger partial charge in [0, 0.05) is 11.4 Å². The van der Waals surface area contributed by atoms with Crippen LogP contribution in [0.4, 0.5) is 11.4 Å². The summed E-state index contributed by atoms with van der Waals surface area (Å²) < 4.78 is 5.73. The van der Waals surface area contributed by atoms with E-state index in [9.17, 15) is 4.79 Å². The van der Waals surface area contributed by atoms with Crippen LogP contribution in [0.1, 0.15) is 43.7 Å². The van der Waals surface area contributed by atoms with E-state index in [0.717, 1.165) is 35.7 Å². The molecular formula is C22H30N2O2. The van der Waals surface area contributed by atoms with Crippen molar-refractivity contribution in [2.45, 2.75) is 46.5 Å². The molecule has 0 saturated carbocycles. The highest BCUT2D eigenvalue weighted by molar-refractivity contribution is 5.94. The van der Waals surface area contributed by atoms with Crippen molar-refractivity contribution >= 4 is 17.3 Å². The Labute approximate surface area is 157 Å². The lowest BCUT2D eigenvalue weighted by atomic mass is 10.1. The Balaban J connectivity index is 1.75. The number of benzene rings is 2. The van der Waals surface area contributed by atoms with Gasteiger partial charge in [-0.05, 0) is 61.7 Å². The van der Waals surface area contributed by atoms with Crippen LogP contribution in [0, 0.1) is 13.8 Å². The molecule has 2 rings (SSSR count). The number of carbonyl (C=O) groups excluding carboxylic acids is 1. The number of carbonyl (C=O) groups is 1. The van der Waals surface area contributed by atoms with Crippen LogP contribution in [0.15, 0.2) is 42.5 Å². The average Bonchev–Trinajstić information content (AvgIpc) is 2.64. The van der Waals surface area contributed by atoms with Crippen molar-refractivity contribution in [3.63, 3.8) is 0 Å². The Morgan fingerprint density at radius 2 is 1.77 bits per heavy atom. The van der Waals surface area contributed by atoms with Gasteiger partial charge in [-0.15, -0.1) is 0 Å². The van der Waals surface area contributed by atoms with Gasteiger partial charge in [-0.3, -0.25) is 4.79 Å². The van der Waals surface area contributed by atoms with Crippen LogP contribution in [0.3, 0.4) is 0 Å². The zero-order valence-electron chi connectivity index (χ0n) is 16.1. The number of unbranched alkanes of at least 4 members (excludes halogenated alkanes) is 3. The molecule has 0 atom stereocenters. The van der Waals surface area contributed by atoms with Crippen LogP contribution < -0.4 is 15.4 Å². The lowest BCUT2D eigenvalue weighted by Gasteiger charge is -2.12. The van der Waals surface area contributed by atoms with Crippen molar-refractivity contribution in [3.8, 4) is 5.75 Å². The maximum absolute atomic E-state index is 12.1. The van der Waals surface area contributed by atoms with E-state index in [2.05, 4.69) is 17.6 Å². The summed E-state index contributed by atoms with van der Waals surface area (Å²) in [6.45, 7) is 7.24. The minimum atomic E-state index is -0.0602. The second-order valence-electron chi connectivity index (χ2n) is 6.58. The molecule has 0 aliphatic rings. The first-order valence-corrected chi connectivity index (χ1v) is 9.43. The Morgan fingerprint density at radius 1 is 1.00 bits per heavy atom. The molecule has 26 heavy (non-hydrogen) atoms. The summed E-state index contributed by atoms with van der Waals surface area (Å²) >= 11 is 0. The molecule has 0 aliphatic heterocycles. The zero-order chi connectivity index (χ0) is 18.8. The number of ether oxygens (including phenoxy) is 1. The average molecular weight is 354 g/mol. The molecule has 0 saturated heterocycles. The Bertz CT molecular complexity index is 696. The maximum atomic E-state index is 12.1. The second kappa shape index (κ2) is 10.5. The van der Waals surface area contributed by atoms with Crippen LogP contribution in [0.2, 0.25) is 0 Å². The first kappa shape index (κ1) is 19.8. The van der Waals surface area contributed by atoms with Crippen molar-refractivity contribution in [3.05, 3.63) is 53.6 Å². The van der Waals surface area contributed by atoms with E-state index in [4.69, 9.17) is 4.74 Å². The van der Waals surface area contributed by atoms with Gasteiger partial charge >= 0.3 is 0 Å². The molecule has 0 fully saturated rings. The topological polar surface area (TPSA) is 50.4 Å². The number of anilines is 2. The molecular weight excluding hydrogens is 324 g/mol. The fourth-order valence-corrected chi connectivity index (χ4v) is 2.65. The van der Waals surface area contributed by atoms with Crippen LogP contribution in [-0.2, 0) is 4.79 Å². The normalized spacial score (nSPS) is 10.4. The minimum Gasteiger partial charge on any atom is -0.494 e. The lowest BCUT2D eigenvalue weighted by Crippen LogP contribution is -2.22. The summed E-state index contributed by atoms with van der Waals surface area (Å²) in [7, 11) is 0. The number of hydrogen-bond acceptors (Lipinski definition) is 3. The zero-order valence-corrected chi connectivity index (χ0v) is 16.1. The molecule has 0 aliphatic carbocycles. The predicted octanol–water partition coefficient (Wildman–Crippen LogP) is 5.31. The summed E-state index contributed by atoms with van der Waals surface area (Å²) in [5, 5.41) is 6.09. The summed E-state index contributed by atoms with van der Waals surface area (Å²) in [5.74, 6) is 0.807. The quantitative estimate of drug-likeness (QED) is 0.568. The highest BCUT2D eigenvalue weighted by Crippen LogP contribution is 2.18. The monoisotopic (exact) mass is 354 g/mol. The standard InChI is InChI=1S/C22H30N2O2/c1-4-5-6-7-15-26-20-13-11-19(12-14-20)23-16-22(25)24-21-10-8-9-17(2)18(21)3/h8-14,23H,4-7,15-16H2,1-3H3,(H,24,25). The second-order valence-corrected chi connectivity index (χ2v) is 6.58. The van der Waals surface area contributed by atoms with E-state index in [1.807, 2.05) is 56.3 Å². The van der Waals surface area contributed by atoms with Gasteiger partial charge in [0.15, 0.2) is 0 Å². The van der Waals surface area contributed by atoms with E-state index in [1.165, 1.54) is 24.8 Å². The molecule has 4 heteroatoms. The highest BCUT2D eigenvalue weighted by atomic mass is 16.5. The Kier molecular flexibility index (Phi) is 8.00. The van der Waals surface area contributed by atoms with Crippen molar-refractivity contribution in [2.75, 3.05) is 23.8 Å². The molecule has 140 valence electrons. The molecule has 0 unspecified atom stereocenters. The van der Waals surface area contributed by atoms with Crippen molar-refractivity contribution in [2.24, 2.45) is 0 Å². The minimum absolute atomic E-state index is 0.0602. The number of hydrogen-bond donors (Lipinski definition) is 2. The largest absolute Gasteiger partial charge is 0.494 e. The fraction of sp³-hybridized carbons (Fsp3) is 0.409. The molecule has 2 aromatic carbocycles. The molecule has 4 nitrogen and oxygen atoms in total. The number of nitrogens with one attached hydrogen (secondary N) is 2. The maximum Gasteiger partial charge on any atom is 0.243 e. The van der Waals surface area contributed by atoms with E-state index >= 15 is 0 Å². The number of rotatable bonds is 10. The molecule has 0 bridgehead atoms. The summed E-state index contributed by atoms with van der Waals surface area (Å²) in [6.07, 6.45) is 4.80. The van der Waals surface area contributed by atoms with Crippen molar-refractivity contribution < 1.29 is 9.53 Å². The van der Waals surface area contributed by atoms with E-state index < -0.39 is 0 Å². The van der Waals surface area contributed by atoms with Gasteiger partial charge in [-0.1, -0.05) is 38.3 Å². The van der Waals surface area contributed by atoms with Crippen LogP contribution in [0.5, 0.6) is 5.75 Å². The van der Waals surface area contributed by atoms with E-state index in [1.54, 1.807) is 0 Å². The van der Waals surface area contributed by atoms with Gasteiger partial charge in [0.2, 0.25) is 5.91 Å². The Hall–Kier alpha value is -2.49. The van der Waals surface area contributed by atoms with Crippen LogP contribution in [0.25, 0.3) is 0 Å². The van der Waals surface area contributed by atoms with Gasteiger partial charge < -0.3 is 15.4 Å². The molecule has 2 aromatic rings. The third-order valence-corrected chi connectivity index (χ3v) is 4.45. The van der Waals surface area contributed by atoms with Crippen LogP contribution in [-0.4, -0.2) is 19.1 Å². The van der Waals surface area contributed by atoms with Gasteiger partial charge in [-0.25, -0.2) is 0 Å². The molecule has 2 N–H and O–H groups in total. The van der Waals surface area contributed by atoms with Crippen molar-refractivity contribution in [1.29, 1.82) is 0 Å². The number of aryl methyl sites for hydroxylation is 1. The SMILES string of the molecule is CCCCCCOc1ccc(NCC(=O)Nc2cccc(C)c2C)cc1. The smallest absolute Gasteiger partial charge is 0.243 e. The summed E-state index contributed by atoms with van der Waals surface area (Å²) in [5.41, 5.74) is 4.03. The molecule has 0 aromatic heterocycles. The van der Waals surface area contributed by atoms with E-state index in [0.29, 0.717) is 0 Å². The molecule has 1 amide bonds. The van der Waals surface area contributed by atoms with E-state index in [-0.39, 0.29) is 12.5 Å². The van der Waals surface area contributed by atoms with Gasteiger partial charge in [0.25, 0.3) is 0 Å². The van der Waals surface area contributed by atoms with Gasteiger partial charge in [-0.2, -0.15) is 0 Å². The van der Waals surface area contributed by atoms with Crippen molar-refractivity contribution in [1.82, 2.24) is 0 Å². The first-order chi connectivity index (χ1) is 12.6. The predicted molar refractivity (Wildman–Crippen MR) is 109 cm³/mol. The van der Waals surface area contributed by atoms with Gasteiger partial charge in [0.05, 0.1) is 13.2 Å². The summed E-state index contributed by atoms with van der Waals surface area (Å²) in [4.78, 5) is 12.1. The molecule has 0 spiro atoms. The number of amides is 1. The molecule has 0 heterocycles. The highest BCUT2D eigenvalue weighted by Gasteiger charge is 2.06. The lowest BCUT2D eigenvalue weighted by molar-refractivity contribution is -0.114. The third-order valence-electron chi connectivity index (χ3n) is 4.45. The van der Waals surface area contributed by atoms with Gasteiger partial charge in [0.1, 0.15) is 5.75 Å². The Morgan fingerprint density at radius 3 is 2.50 bits per heavy atom. The fourth-order valence-electron chi connectivity index (χ4n) is 2.65. The molecule has 0 radical (unpaired) electrons.